The Balaban J connectivity index is 0.00000256. The van der Waals surface area contributed by atoms with E-state index in [-0.39, 0.29) is 18.3 Å². The summed E-state index contributed by atoms with van der Waals surface area (Å²) in [6.45, 7) is 8.39. The zero-order chi connectivity index (χ0) is 12.1. The van der Waals surface area contributed by atoms with Crippen LogP contribution in [0.1, 0.15) is 25.0 Å². The summed E-state index contributed by atoms with van der Waals surface area (Å²) in [7, 11) is 0. The fourth-order valence-electron chi connectivity index (χ4n) is 1.49. The topological polar surface area (TPSA) is 41.1 Å². The van der Waals surface area contributed by atoms with Crippen molar-refractivity contribution in [1.82, 2.24) is 5.32 Å². The molecule has 0 saturated carbocycles. The normalized spacial score (nSPS) is 9.94. The van der Waals surface area contributed by atoms with Crippen LogP contribution < -0.4 is 10.6 Å². The van der Waals surface area contributed by atoms with Crippen molar-refractivity contribution in [1.29, 1.82) is 0 Å². The average Bonchev–Trinajstić information content (AvgIpc) is 2.21. The Bertz CT molecular complexity index is 357. The first kappa shape index (κ1) is 15.9. The molecule has 17 heavy (non-hydrogen) atoms. The number of hydrogen-bond donors (Lipinski definition) is 2. The van der Waals surface area contributed by atoms with E-state index in [9.17, 15) is 4.79 Å². The molecule has 1 aromatic rings. The van der Waals surface area contributed by atoms with Crippen LogP contribution in [0.25, 0.3) is 0 Å². The molecule has 0 atom stereocenters. The Labute approximate surface area is 109 Å². The van der Waals surface area contributed by atoms with Gasteiger partial charge in [-0.05, 0) is 25.0 Å². The summed E-state index contributed by atoms with van der Waals surface area (Å²) in [5.74, 6) is 0.00565. The van der Waals surface area contributed by atoms with Gasteiger partial charge >= 0.3 is 0 Å². The zero-order valence-corrected chi connectivity index (χ0v) is 11.6. The van der Waals surface area contributed by atoms with E-state index in [1.165, 1.54) is 0 Å². The number of rotatable bonds is 4. The zero-order valence-electron chi connectivity index (χ0n) is 10.8. The second-order valence-electron chi connectivity index (χ2n) is 4.35. The van der Waals surface area contributed by atoms with Gasteiger partial charge in [0.05, 0.1) is 6.54 Å². The monoisotopic (exact) mass is 256 g/mol. The molecule has 0 fully saturated rings. The van der Waals surface area contributed by atoms with Gasteiger partial charge in [-0.2, -0.15) is 0 Å². The van der Waals surface area contributed by atoms with Crippen LogP contribution in [0.3, 0.4) is 0 Å². The Morgan fingerprint density at radius 1 is 1.24 bits per heavy atom. The summed E-state index contributed by atoms with van der Waals surface area (Å²) in [6.07, 6.45) is 0. The van der Waals surface area contributed by atoms with E-state index >= 15 is 0 Å². The SMILES string of the molecule is Cc1cccc(C)c1NC(=O)CNC(C)C.Cl. The molecule has 0 aliphatic carbocycles. The molecule has 3 nitrogen and oxygen atoms in total. The van der Waals surface area contributed by atoms with Gasteiger partial charge in [-0.15, -0.1) is 12.4 Å². The lowest BCUT2D eigenvalue weighted by Crippen LogP contribution is -2.32. The van der Waals surface area contributed by atoms with Gasteiger partial charge in [0.1, 0.15) is 0 Å². The summed E-state index contributed by atoms with van der Waals surface area (Å²) < 4.78 is 0. The summed E-state index contributed by atoms with van der Waals surface area (Å²) in [4.78, 5) is 11.6. The largest absolute Gasteiger partial charge is 0.324 e. The molecule has 0 saturated heterocycles. The molecule has 0 radical (unpaired) electrons. The van der Waals surface area contributed by atoms with Crippen LogP contribution in [0.2, 0.25) is 0 Å². The predicted octanol–water partition coefficient (Wildman–Crippen LogP) is 2.66. The predicted molar refractivity (Wildman–Crippen MR) is 74.9 cm³/mol. The second-order valence-corrected chi connectivity index (χ2v) is 4.35. The van der Waals surface area contributed by atoms with Crippen LogP contribution in [-0.2, 0) is 4.79 Å². The maximum Gasteiger partial charge on any atom is 0.238 e. The number of hydrogen-bond acceptors (Lipinski definition) is 2. The van der Waals surface area contributed by atoms with Gasteiger partial charge in [0.25, 0.3) is 0 Å². The molecule has 1 rings (SSSR count). The highest BCUT2D eigenvalue weighted by Crippen LogP contribution is 2.18. The third kappa shape index (κ3) is 5.20. The smallest absolute Gasteiger partial charge is 0.238 e. The molecule has 1 aromatic carbocycles. The molecule has 0 heterocycles. The number of amides is 1. The first-order valence-electron chi connectivity index (χ1n) is 5.60. The fraction of sp³-hybridized carbons (Fsp3) is 0.462. The molecule has 0 unspecified atom stereocenters. The summed E-state index contributed by atoms with van der Waals surface area (Å²) >= 11 is 0. The van der Waals surface area contributed by atoms with E-state index in [0.29, 0.717) is 12.6 Å². The van der Waals surface area contributed by atoms with E-state index in [4.69, 9.17) is 0 Å². The van der Waals surface area contributed by atoms with Crippen molar-refractivity contribution in [2.24, 2.45) is 0 Å². The number of nitrogens with one attached hydrogen (secondary N) is 2. The van der Waals surface area contributed by atoms with Crippen molar-refractivity contribution in [3.05, 3.63) is 29.3 Å². The number of benzene rings is 1. The number of anilines is 1. The third-order valence-corrected chi connectivity index (χ3v) is 2.42. The van der Waals surface area contributed by atoms with Gasteiger partial charge in [0.15, 0.2) is 0 Å². The highest BCUT2D eigenvalue weighted by atomic mass is 35.5. The van der Waals surface area contributed by atoms with Crippen LogP contribution in [0, 0.1) is 13.8 Å². The minimum Gasteiger partial charge on any atom is -0.324 e. The Hall–Kier alpha value is -1.06. The average molecular weight is 257 g/mol. The lowest BCUT2D eigenvalue weighted by molar-refractivity contribution is -0.115. The van der Waals surface area contributed by atoms with Crippen molar-refractivity contribution in [3.63, 3.8) is 0 Å². The van der Waals surface area contributed by atoms with E-state index in [2.05, 4.69) is 10.6 Å². The molecule has 0 bridgehead atoms. The molecule has 0 spiro atoms. The van der Waals surface area contributed by atoms with Gasteiger partial charge in [-0.3, -0.25) is 4.79 Å². The first-order chi connectivity index (χ1) is 7.50. The maximum atomic E-state index is 11.6. The van der Waals surface area contributed by atoms with Crippen LogP contribution in [0.15, 0.2) is 18.2 Å². The lowest BCUT2D eigenvalue weighted by Gasteiger charge is -2.12. The Morgan fingerprint density at radius 2 is 1.76 bits per heavy atom. The number of halogens is 1. The number of aryl methyl sites for hydroxylation is 2. The van der Waals surface area contributed by atoms with E-state index in [0.717, 1.165) is 16.8 Å². The van der Waals surface area contributed by atoms with Crippen LogP contribution >= 0.6 is 12.4 Å². The molecule has 2 N–H and O–H groups in total. The molecule has 96 valence electrons. The van der Waals surface area contributed by atoms with Crippen molar-refractivity contribution >= 4 is 24.0 Å². The maximum absolute atomic E-state index is 11.6. The van der Waals surface area contributed by atoms with E-state index < -0.39 is 0 Å². The number of carbonyl (C=O) groups is 1. The molecule has 0 aliphatic rings. The second kappa shape index (κ2) is 7.30. The molecular formula is C13H21ClN2O. The van der Waals surface area contributed by atoms with Gasteiger partial charge in [0.2, 0.25) is 5.91 Å². The lowest BCUT2D eigenvalue weighted by atomic mass is 10.1. The summed E-state index contributed by atoms with van der Waals surface area (Å²) in [5.41, 5.74) is 3.12. The van der Waals surface area contributed by atoms with Crippen LogP contribution in [-0.4, -0.2) is 18.5 Å². The number of carbonyl (C=O) groups excluding carboxylic acids is 1. The fourth-order valence-corrected chi connectivity index (χ4v) is 1.49. The number of para-hydroxylation sites is 1. The Kier molecular flexibility index (Phi) is 6.85. The van der Waals surface area contributed by atoms with Gasteiger partial charge < -0.3 is 10.6 Å². The molecule has 1 amide bonds. The van der Waals surface area contributed by atoms with E-state index in [1.54, 1.807) is 0 Å². The molecule has 4 heteroatoms. The van der Waals surface area contributed by atoms with Gasteiger partial charge in [0, 0.05) is 11.7 Å². The Morgan fingerprint density at radius 3 is 2.24 bits per heavy atom. The highest BCUT2D eigenvalue weighted by Gasteiger charge is 2.06. The van der Waals surface area contributed by atoms with Crippen molar-refractivity contribution in [2.75, 3.05) is 11.9 Å². The van der Waals surface area contributed by atoms with Crippen molar-refractivity contribution in [2.45, 2.75) is 33.7 Å². The summed E-state index contributed by atoms with van der Waals surface area (Å²) in [5, 5.41) is 6.02. The van der Waals surface area contributed by atoms with E-state index in [1.807, 2.05) is 45.9 Å². The minimum atomic E-state index is 0. The van der Waals surface area contributed by atoms with Crippen molar-refractivity contribution in [3.8, 4) is 0 Å². The van der Waals surface area contributed by atoms with Gasteiger partial charge in [-0.25, -0.2) is 0 Å². The molecule has 0 aliphatic heterocycles. The quantitative estimate of drug-likeness (QED) is 0.870. The third-order valence-electron chi connectivity index (χ3n) is 2.42. The minimum absolute atomic E-state index is 0. The van der Waals surface area contributed by atoms with Crippen molar-refractivity contribution < 1.29 is 4.79 Å². The van der Waals surface area contributed by atoms with Crippen LogP contribution in [0.5, 0.6) is 0 Å². The van der Waals surface area contributed by atoms with Crippen LogP contribution in [0.4, 0.5) is 5.69 Å². The van der Waals surface area contributed by atoms with Gasteiger partial charge in [-0.1, -0.05) is 32.0 Å². The standard InChI is InChI=1S/C13H20N2O.ClH/c1-9(2)14-8-12(16)15-13-10(3)6-5-7-11(13)4;/h5-7,9,14H,8H2,1-4H3,(H,15,16);1H. The first-order valence-corrected chi connectivity index (χ1v) is 5.60. The molecule has 0 aromatic heterocycles. The summed E-state index contributed by atoms with van der Waals surface area (Å²) in [6, 6.07) is 6.31. The highest BCUT2D eigenvalue weighted by molar-refractivity contribution is 5.93. The molecular weight excluding hydrogens is 236 g/mol.